The van der Waals surface area contributed by atoms with Crippen molar-refractivity contribution in [3.63, 3.8) is 0 Å². The summed E-state index contributed by atoms with van der Waals surface area (Å²) in [5.41, 5.74) is 9.21. The van der Waals surface area contributed by atoms with Gasteiger partial charge in [0.2, 0.25) is 0 Å². The Bertz CT molecular complexity index is 912. The van der Waals surface area contributed by atoms with Gasteiger partial charge in [-0.1, -0.05) is 24.3 Å². The van der Waals surface area contributed by atoms with E-state index in [2.05, 4.69) is 0 Å². The number of carbonyl (C=O) groups is 2. The van der Waals surface area contributed by atoms with Crippen LogP contribution in [0.4, 0.5) is 0 Å². The van der Waals surface area contributed by atoms with Crippen LogP contribution in [0.3, 0.4) is 0 Å². The highest BCUT2D eigenvalue weighted by molar-refractivity contribution is 5.98. The molecule has 24 heavy (non-hydrogen) atoms. The summed E-state index contributed by atoms with van der Waals surface area (Å²) in [4.78, 5) is 22.9. The molecule has 2 aromatic carbocycles. The number of amides is 1. The van der Waals surface area contributed by atoms with E-state index in [1.54, 1.807) is 12.1 Å². The van der Waals surface area contributed by atoms with Crippen LogP contribution >= 0.6 is 0 Å². The normalized spacial score (nSPS) is 10.9. The molecule has 1 amide bonds. The number of fused-ring (bicyclic) bond motifs is 1. The third kappa shape index (κ3) is 2.81. The van der Waals surface area contributed by atoms with Gasteiger partial charge in [-0.3, -0.25) is 4.79 Å². The van der Waals surface area contributed by atoms with Crippen LogP contribution in [-0.2, 0) is 17.6 Å². The zero-order valence-electron chi connectivity index (χ0n) is 13.1. The van der Waals surface area contributed by atoms with Crippen molar-refractivity contribution in [2.45, 2.75) is 12.8 Å². The molecule has 0 aliphatic carbocycles. The molecule has 5 nitrogen and oxygen atoms in total. The van der Waals surface area contributed by atoms with E-state index in [9.17, 15) is 14.7 Å². The monoisotopic (exact) mass is 322 g/mol. The number of nitrogens with zero attached hydrogens (tertiary/aromatic N) is 1. The molecule has 0 fully saturated rings. The largest absolute Gasteiger partial charge is 0.396 e. The van der Waals surface area contributed by atoms with E-state index in [-0.39, 0.29) is 13.0 Å². The molecule has 0 saturated heterocycles. The molecule has 1 aromatic heterocycles. The third-order valence-electron chi connectivity index (χ3n) is 4.05. The van der Waals surface area contributed by atoms with Gasteiger partial charge in [-0.25, -0.2) is 0 Å². The zero-order chi connectivity index (χ0) is 17.1. The number of para-hydroxylation sites is 1. The van der Waals surface area contributed by atoms with Crippen molar-refractivity contribution in [3.05, 3.63) is 65.4 Å². The summed E-state index contributed by atoms with van der Waals surface area (Å²) in [5.74, 6) is -0.518. The molecule has 0 spiro atoms. The first-order valence-corrected chi connectivity index (χ1v) is 7.72. The summed E-state index contributed by atoms with van der Waals surface area (Å²) in [7, 11) is 0. The Balaban J connectivity index is 2.31. The Morgan fingerprint density at radius 3 is 2.67 bits per heavy atom. The fourth-order valence-electron chi connectivity index (χ4n) is 2.99. The minimum Gasteiger partial charge on any atom is -0.396 e. The first-order valence-electron chi connectivity index (χ1n) is 7.72. The highest BCUT2D eigenvalue weighted by atomic mass is 16.3. The summed E-state index contributed by atoms with van der Waals surface area (Å²) in [6.45, 7) is 0.0608. The van der Waals surface area contributed by atoms with Crippen LogP contribution in [0, 0.1) is 0 Å². The van der Waals surface area contributed by atoms with Crippen molar-refractivity contribution in [1.29, 1.82) is 0 Å². The molecule has 0 atom stereocenters. The summed E-state index contributed by atoms with van der Waals surface area (Å²) >= 11 is 0. The van der Waals surface area contributed by atoms with Gasteiger partial charge in [-0.2, -0.15) is 0 Å². The molecular weight excluding hydrogens is 304 g/mol. The zero-order valence-corrected chi connectivity index (χ0v) is 13.1. The van der Waals surface area contributed by atoms with Crippen molar-refractivity contribution in [3.8, 4) is 5.69 Å². The van der Waals surface area contributed by atoms with Crippen molar-refractivity contribution >= 4 is 23.1 Å². The number of carbonyl (C=O) groups excluding carboxylic acids is 2. The lowest BCUT2D eigenvalue weighted by Gasteiger charge is -2.13. The molecule has 5 heteroatoms. The van der Waals surface area contributed by atoms with E-state index in [1.807, 2.05) is 41.0 Å². The SMILES string of the molecule is NC(=O)c1ccccc1-n1c(CC=O)cc2ccc(CCO)cc21. The first-order chi connectivity index (χ1) is 11.7. The van der Waals surface area contributed by atoms with Gasteiger partial charge < -0.3 is 20.2 Å². The van der Waals surface area contributed by atoms with E-state index in [1.165, 1.54) is 0 Å². The van der Waals surface area contributed by atoms with E-state index in [4.69, 9.17) is 5.73 Å². The number of aliphatic hydroxyl groups excluding tert-OH is 1. The standard InChI is InChI=1S/C19H18N2O3/c20-19(24)16-3-1-2-4-17(16)21-15(8-10-23)12-14-6-5-13(7-9-22)11-18(14)21/h1-6,10-12,22H,7-9H2,(H2,20,24). The van der Waals surface area contributed by atoms with Crippen molar-refractivity contribution in [1.82, 2.24) is 4.57 Å². The lowest BCUT2D eigenvalue weighted by atomic mass is 10.1. The summed E-state index contributed by atoms with van der Waals surface area (Å²) in [5, 5.41) is 10.1. The second-order valence-electron chi connectivity index (χ2n) is 5.59. The second-order valence-corrected chi connectivity index (χ2v) is 5.59. The van der Waals surface area contributed by atoms with Gasteiger partial charge in [0.1, 0.15) is 6.29 Å². The second kappa shape index (κ2) is 6.68. The summed E-state index contributed by atoms with van der Waals surface area (Å²) in [6.07, 6.45) is 1.62. The van der Waals surface area contributed by atoms with Gasteiger partial charge in [-0.15, -0.1) is 0 Å². The molecular formula is C19H18N2O3. The molecule has 0 aliphatic heterocycles. The number of aldehydes is 1. The van der Waals surface area contributed by atoms with Gasteiger partial charge in [0.25, 0.3) is 5.91 Å². The molecule has 0 radical (unpaired) electrons. The van der Waals surface area contributed by atoms with Gasteiger partial charge in [0.05, 0.1) is 16.8 Å². The number of aliphatic hydroxyl groups is 1. The smallest absolute Gasteiger partial charge is 0.250 e. The Hall–Kier alpha value is -2.92. The number of aromatic nitrogens is 1. The van der Waals surface area contributed by atoms with Crippen LogP contribution in [0.5, 0.6) is 0 Å². The van der Waals surface area contributed by atoms with Gasteiger partial charge in [-0.05, 0) is 36.2 Å². The maximum atomic E-state index is 11.8. The van der Waals surface area contributed by atoms with E-state index >= 15 is 0 Å². The van der Waals surface area contributed by atoms with E-state index in [0.29, 0.717) is 17.7 Å². The number of benzene rings is 2. The molecule has 0 bridgehead atoms. The number of primary amides is 1. The van der Waals surface area contributed by atoms with Crippen molar-refractivity contribution < 1.29 is 14.7 Å². The molecule has 3 aromatic rings. The van der Waals surface area contributed by atoms with Gasteiger partial charge >= 0.3 is 0 Å². The maximum Gasteiger partial charge on any atom is 0.250 e. The number of hydrogen-bond donors (Lipinski definition) is 2. The molecule has 0 saturated carbocycles. The maximum absolute atomic E-state index is 11.8. The van der Waals surface area contributed by atoms with Crippen LogP contribution < -0.4 is 5.73 Å². The first kappa shape index (κ1) is 16.0. The van der Waals surface area contributed by atoms with Crippen LogP contribution in [0.15, 0.2) is 48.5 Å². The lowest BCUT2D eigenvalue weighted by molar-refractivity contribution is -0.107. The molecule has 3 rings (SSSR count). The van der Waals surface area contributed by atoms with Crippen molar-refractivity contribution in [2.75, 3.05) is 6.61 Å². The van der Waals surface area contributed by atoms with Crippen LogP contribution in [0.25, 0.3) is 16.6 Å². The molecule has 0 unspecified atom stereocenters. The molecule has 0 aliphatic rings. The summed E-state index contributed by atoms with van der Waals surface area (Å²) < 4.78 is 1.89. The topological polar surface area (TPSA) is 85.3 Å². The number of nitrogens with two attached hydrogens (primary N) is 1. The predicted molar refractivity (Wildman–Crippen MR) is 92.4 cm³/mol. The van der Waals surface area contributed by atoms with E-state index < -0.39 is 5.91 Å². The lowest BCUT2D eigenvalue weighted by Crippen LogP contribution is -2.15. The Labute approximate surface area is 139 Å². The Morgan fingerprint density at radius 2 is 1.96 bits per heavy atom. The Kier molecular flexibility index (Phi) is 4.44. The van der Waals surface area contributed by atoms with Gasteiger partial charge in [0.15, 0.2) is 0 Å². The average Bonchev–Trinajstić information content (AvgIpc) is 2.92. The highest BCUT2D eigenvalue weighted by Crippen LogP contribution is 2.27. The molecule has 3 N–H and O–H groups in total. The van der Waals surface area contributed by atoms with Crippen molar-refractivity contribution in [2.24, 2.45) is 5.73 Å². The minimum absolute atomic E-state index is 0.0608. The van der Waals surface area contributed by atoms with E-state index in [0.717, 1.165) is 28.4 Å². The van der Waals surface area contributed by atoms with Gasteiger partial charge in [0, 0.05) is 24.1 Å². The number of hydrogen-bond acceptors (Lipinski definition) is 3. The summed E-state index contributed by atoms with van der Waals surface area (Å²) in [6, 6.07) is 14.9. The highest BCUT2D eigenvalue weighted by Gasteiger charge is 2.16. The quantitative estimate of drug-likeness (QED) is 0.681. The van der Waals surface area contributed by atoms with Crippen LogP contribution in [0.2, 0.25) is 0 Å². The fourth-order valence-corrected chi connectivity index (χ4v) is 2.99. The van der Waals surface area contributed by atoms with Crippen LogP contribution in [-0.4, -0.2) is 28.5 Å². The molecule has 122 valence electrons. The minimum atomic E-state index is -0.518. The fraction of sp³-hybridized carbons (Fsp3) is 0.158. The molecule has 1 heterocycles. The number of rotatable bonds is 6. The third-order valence-corrected chi connectivity index (χ3v) is 4.05. The predicted octanol–water partition coefficient (Wildman–Crippen LogP) is 2.01. The Morgan fingerprint density at radius 1 is 1.17 bits per heavy atom. The average molecular weight is 322 g/mol. The van der Waals surface area contributed by atoms with Crippen LogP contribution in [0.1, 0.15) is 21.6 Å².